The van der Waals surface area contributed by atoms with Crippen LogP contribution in [0, 0.1) is 0 Å². The van der Waals surface area contributed by atoms with Crippen LogP contribution in [0.25, 0.3) is 0 Å². The molecule has 0 radical (unpaired) electrons. The summed E-state index contributed by atoms with van der Waals surface area (Å²) < 4.78 is 0. The lowest BCUT2D eigenvalue weighted by Gasteiger charge is -2.19. The number of nitrogens with one attached hydrogen (secondary N) is 2. The van der Waals surface area contributed by atoms with Gasteiger partial charge < -0.3 is 21.6 Å². The lowest BCUT2D eigenvalue weighted by atomic mass is 10.1. The van der Waals surface area contributed by atoms with Crippen molar-refractivity contribution in [2.45, 2.75) is 31.8 Å². The average Bonchev–Trinajstić information content (AvgIpc) is 2.59. The minimum Gasteiger partial charge on any atom is -0.409 e. The van der Waals surface area contributed by atoms with E-state index in [1.165, 1.54) is 0 Å². The van der Waals surface area contributed by atoms with Gasteiger partial charge in [0.1, 0.15) is 0 Å². The topological polar surface area (TPSA) is 99.7 Å². The van der Waals surface area contributed by atoms with Gasteiger partial charge in [-0.25, -0.2) is 0 Å². The van der Waals surface area contributed by atoms with E-state index in [-0.39, 0.29) is 23.8 Å². The van der Waals surface area contributed by atoms with Crippen molar-refractivity contribution in [2.75, 3.05) is 6.54 Å². The molecule has 1 amide bonds. The van der Waals surface area contributed by atoms with Crippen molar-refractivity contribution in [3.8, 4) is 0 Å². The van der Waals surface area contributed by atoms with Crippen molar-refractivity contribution < 1.29 is 10.0 Å². The predicted octanol–water partition coefficient (Wildman–Crippen LogP) is -1.01. The van der Waals surface area contributed by atoms with Crippen LogP contribution < -0.4 is 16.4 Å². The van der Waals surface area contributed by atoms with Crippen molar-refractivity contribution in [1.29, 1.82) is 0 Å². The van der Waals surface area contributed by atoms with Crippen LogP contribution in [0.4, 0.5) is 0 Å². The van der Waals surface area contributed by atoms with Crippen LogP contribution in [0.1, 0.15) is 19.8 Å². The van der Waals surface area contributed by atoms with Crippen LogP contribution in [-0.4, -0.2) is 35.6 Å². The first-order chi connectivity index (χ1) is 6.67. The summed E-state index contributed by atoms with van der Waals surface area (Å²) >= 11 is 0. The molecule has 0 aromatic heterocycles. The van der Waals surface area contributed by atoms with Crippen LogP contribution >= 0.6 is 0 Å². The summed E-state index contributed by atoms with van der Waals surface area (Å²) in [7, 11) is 0. The van der Waals surface area contributed by atoms with Gasteiger partial charge in [-0.15, -0.1) is 0 Å². The van der Waals surface area contributed by atoms with E-state index in [2.05, 4.69) is 15.8 Å². The molecule has 1 heterocycles. The molecule has 0 aromatic rings. The summed E-state index contributed by atoms with van der Waals surface area (Å²) in [6, 6.07) is -0.0922. The largest absolute Gasteiger partial charge is 0.409 e. The molecule has 1 aliphatic rings. The molecule has 0 bridgehead atoms. The first kappa shape index (κ1) is 10.8. The first-order valence-electron chi connectivity index (χ1n) is 4.67. The SMILES string of the molecule is CCC(NC1CNC(=O)C1)C(N)=NO. The number of rotatable bonds is 4. The van der Waals surface area contributed by atoms with Gasteiger partial charge in [-0.2, -0.15) is 0 Å². The minimum atomic E-state index is -0.169. The standard InChI is InChI=1S/C8H16N4O2/c1-2-6(8(9)12-14)11-5-3-7(13)10-4-5/h5-6,11,14H,2-4H2,1H3,(H2,9,12)(H,10,13). The number of nitrogens with two attached hydrogens (primary N) is 1. The molecule has 1 saturated heterocycles. The Morgan fingerprint density at radius 3 is 3.07 bits per heavy atom. The highest BCUT2D eigenvalue weighted by molar-refractivity contribution is 5.85. The van der Waals surface area contributed by atoms with Crippen LogP contribution in [0.2, 0.25) is 0 Å². The molecule has 1 rings (SSSR count). The summed E-state index contributed by atoms with van der Waals surface area (Å²) in [5, 5.41) is 17.3. The summed E-state index contributed by atoms with van der Waals surface area (Å²) in [5.41, 5.74) is 5.47. The Morgan fingerprint density at radius 1 is 1.93 bits per heavy atom. The van der Waals surface area contributed by atoms with Crippen molar-refractivity contribution >= 4 is 11.7 Å². The fourth-order valence-electron chi connectivity index (χ4n) is 1.49. The zero-order valence-electron chi connectivity index (χ0n) is 8.16. The quantitative estimate of drug-likeness (QED) is 0.202. The Bertz CT molecular complexity index is 241. The maximum absolute atomic E-state index is 10.9. The smallest absolute Gasteiger partial charge is 0.221 e. The van der Waals surface area contributed by atoms with E-state index < -0.39 is 0 Å². The monoisotopic (exact) mass is 200 g/mol. The number of amidine groups is 1. The molecule has 6 nitrogen and oxygen atoms in total. The third kappa shape index (κ3) is 2.59. The Kier molecular flexibility index (Phi) is 3.70. The zero-order valence-corrected chi connectivity index (χ0v) is 8.16. The fourth-order valence-corrected chi connectivity index (χ4v) is 1.49. The Labute approximate surface area is 82.5 Å². The first-order valence-corrected chi connectivity index (χ1v) is 4.67. The average molecular weight is 200 g/mol. The van der Waals surface area contributed by atoms with Crippen molar-refractivity contribution in [2.24, 2.45) is 10.9 Å². The fraction of sp³-hybridized carbons (Fsp3) is 0.750. The van der Waals surface area contributed by atoms with E-state index in [0.717, 1.165) is 6.42 Å². The number of amides is 1. The van der Waals surface area contributed by atoms with Crippen molar-refractivity contribution in [3.63, 3.8) is 0 Å². The second-order valence-electron chi connectivity index (χ2n) is 3.36. The zero-order chi connectivity index (χ0) is 10.6. The van der Waals surface area contributed by atoms with E-state index in [9.17, 15) is 4.79 Å². The summed E-state index contributed by atoms with van der Waals surface area (Å²) in [5.74, 6) is 0.198. The van der Waals surface area contributed by atoms with Crippen LogP contribution in [-0.2, 0) is 4.79 Å². The van der Waals surface area contributed by atoms with E-state index in [4.69, 9.17) is 10.9 Å². The molecule has 1 fully saturated rings. The van der Waals surface area contributed by atoms with E-state index in [0.29, 0.717) is 13.0 Å². The Morgan fingerprint density at radius 2 is 2.64 bits per heavy atom. The molecule has 0 aromatic carbocycles. The molecular weight excluding hydrogens is 184 g/mol. The maximum atomic E-state index is 10.9. The van der Waals surface area contributed by atoms with E-state index in [1.54, 1.807) is 0 Å². The molecule has 2 unspecified atom stereocenters. The maximum Gasteiger partial charge on any atom is 0.221 e. The highest BCUT2D eigenvalue weighted by Gasteiger charge is 2.24. The lowest BCUT2D eigenvalue weighted by molar-refractivity contribution is -0.119. The molecule has 0 aliphatic carbocycles. The van der Waals surface area contributed by atoms with Gasteiger partial charge in [0.2, 0.25) is 5.91 Å². The van der Waals surface area contributed by atoms with Gasteiger partial charge in [0.15, 0.2) is 5.84 Å². The normalized spacial score (nSPS) is 24.8. The van der Waals surface area contributed by atoms with Gasteiger partial charge in [0.25, 0.3) is 0 Å². The Balaban J connectivity index is 2.44. The van der Waals surface area contributed by atoms with Crippen LogP contribution in [0.15, 0.2) is 5.16 Å². The molecule has 80 valence electrons. The summed E-state index contributed by atoms with van der Waals surface area (Å²) in [4.78, 5) is 10.9. The van der Waals surface area contributed by atoms with Gasteiger partial charge >= 0.3 is 0 Å². The number of carbonyl (C=O) groups is 1. The third-order valence-corrected chi connectivity index (χ3v) is 2.30. The predicted molar refractivity (Wildman–Crippen MR) is 52.0 cm³/mol. The molecular formula is C8H16N4O2. The molecule has 2 atom stereocenters. The van der Waals surface area contributed by atoms with Gasteiger partial charge in [-0.3, -0.25) is 4.79 Å². The Hall–Kier alpha value is -1.30. The van der Waals surface area contributed by atoms with Gasteiger partial charge in [0, 0.05) is 19.0 Å². The number of hydrogen-bond acceptors (Lipinski definition) is 4. The highest BCUT2D eigenvalue weighted by Crippen LogP contribution is 2.02. The summed E-state index contributed by atoms with van der Waals surface area (Å²) in [6.45, 7) is 2.54. The number of carbonyl (C=O) groups excluding carboxylic acids is 1. The molecule has 6 heteroatoms. The van der Waals surface area contributed by atoms with Gasteiger partial charge in [-0.05, 0) is 6.42 Å². The second-order valence-corrected chi connectivity index (χ2v) is 3.36. The lowest BCUT2D eigenvalue weighted by Crippen LogP contribution is -2.46. The van der Waals surface area contributed by atoms with E-state index >= 15 is 0 Å². The molecule has 14 heavy (non-hydrogen) atoms. The third-order valence-electron chi connectivity index (χ3n) is 2.30. The summed E-state index contributed by atoms with van der Waals surface area (Å²) in [6.07, 6.45) is 1.18. The van der Waals surface area contributed by atoms with Gasteiger partial charge in [0.05, 0.1) is 6.04 Å². The number of oxime groups is 1. The molecule has 0 spiro atoms. The second kappa shape index (κ2) is 4.80. The molecule has 5 N–H and O–H groups in total. The van der Waals surface area contributed by atoms with Crippen molar-refractivity contribution in [3.05, 3.63) is 0 Å². The highest BCUT2D eigenvalue weighted by atomic mass is 16.4. The minimum absolute atomic E-state index is 0.0388. The van der Waals surface area contributed by atoms with E-state index in [1.807, 2.05) is 6.92 Å². The molecule has 1 aliphatic heterocycles. The number of hydrogen-bond donors (Lipinski definition) is 4. The van der Waals surface area contributed by atoms with Crippen LogP contribution in [0.5, 0.6) is 0 Å². The van der Waals surface area contributed by atoms with Crippen molar-refractivity contribution in [1.82, 2.24) is 10.6 Å². The van der Waals surface area contributed by atoms with Gasteiger partial charge in [-0.1, -0.05) is 12.1 Å². The number of nitrogens with zero attached hydrogens (tertiary/aromatic N) is 1. The van der Waals surface area contributed by atoms with Crippen LogP contribution in [0.3, 0.4) is 0 Å². The molecule has 0 saturated carbocycles.